The Morgan fingerprint density at radius 3 is 2.69 bits per heavy atom. The number of aromatic nitrogens is 2. The van der Waals surface area contributed by atoms with Crippen molar-refractivity contribution in [2.75, 3.05) is 0 Å². The summed E-state index contributed by atoms with van der Waals surface area (Å²) in [5.74, 6) is -1.14. The first-order valence-electron chi connectivity index (χ1n) is 4.45. The van der Waals surface area contributed by atoms with E-state index in [1.54, 1.807) is 0 Å². The molecule has 16 heavy (non-hydrogen) atoms. The number of carbonyl (C=O) groups is 1. The van der Waals surface area contributed by atoms with Gasteiger partial charge >= 0.3 is 5.97 Å². The summed E-state index contributed by atoms with van der Waals surface area (Å²) in [6.07, 6.45) is -0.301. The minimum atomic E-state index is -1.04. The van der Waals surface area contributed by atoms with Crippen molar-refractivity contribution in [3.05, 3.63) is 35.9 Å². The molecule has 82 valence electrons. The largest absolute Gasteiger partial charge is 0.481 e. The van der Waals surface area contributed by atoms with Crippen molar-refractivity contribution in [2.24, 2.45) is 0 Å². The number of benzene rings is 1. The van der Waals surface area contributed by atoms with E-state index in [2.05, 4.69) is 10.1 Å². The van der Waals surface area contributed by atoms with Gasteiger partial charge in [0.15, 0.2) is 5.82 Å². The summed E-state index contributed by atoms with van der Waals surface area (Å²) in [6.45, 7) is 0. The zero-order valence-electron chi connectivity index (χ0n) is 8.05. The van der Waals surface area contributed by atoms with E-state index in [0.29, 0.717) is 5.56 Å². The second kappa shape index (κ2) is 4.09. The fourth-order valence-corrected chi connectivity index (χ4v) is 1.17. The minimum Gasteiger partial charge on any atom is -0.481 e. The van der Waals surface area contributed by atoms with Gasteiger partial charge in [-0.1, -0.05) is 5.16 Å². The number of nitrogens with zero attached hydrogens (tertiary/aromatic N) is 2. The van der Waals surface area contributed by atoms with Gasteiger partial charge in [-0.25, -0.2) is 4.39 Å². The molecule has 0 amide bonds. The Kier molecular flexibility index (Phi) is 2.63. The SMILES string of the molecule is O=C(O)Cc1noc(-c2ccc(F)cc2)n1. The van der Waals surface area contributed by atoms with E-state index in [1.807, 2.05) is 0 Å². The van der Waals surface area contributed by atoms with Crippen LogP contribution < -0.4 is 0 Å². The van der Waals surface area contributed by atoms with Gasteiger partial charge in [-0.2, -0.15) is 4.98 Å². The molecule has 1 aromatic heterocycles. The molecule has 0 unspecified atom stereocenters. The van der Waals surface area contributed by atoms with E-state index >= 15 is 0 Å². The zero-order valence-corrected chi connectivity index (χ0v) is 8.05. The van der Waals surface area contributed by atoms with E-state index in [9.17, 15) is 9.18 Å². The maximum absolute atomic E-state index is 12.6. The summed E-state index contributed by atoms with van der Waals surface area (Å²) in [5.41, 5.74) is 0.547. The van der Waals surface area contributed by atoms with Crippen molar-refractivity contribution >= 4 is 5.97 Å². The van der Waals surface area contributed by atoms with E-state index in [4.69, 9.17) is 9.63 Å². The molecule has 0 bridgehead atoms. The maximum Gasteiger partial charge on any atom is 0.311 e. The molecule has 2 rings (SSSR count). The molecule has 0 aliphatic carbocycles. The van der Waals surface area contributed by atoms with Gasteiger partial charge in [0, 0.05) is 5.56 Å². The van der Waals surface area contributed by atoms with Gasteiger partial charge in [0.2, 0.25) is 0 Å². The first-order valence-corrected chi connectivity index (χ1v) is 4.45. The number of hydrogen-bond acceptors (Lipinski definition) is 4. The summed E-state index contributed by atoms with van der Waals surface area (Å²) in [5, 5.41) is 12.0. The molecular formula is C10H7FN2O3. The van der Waals surface area contributed by atoms with Crippen LogP contribution in [-0.2, 0) is 11.2 Å². The van der Waals surface area contributed by atoms with Crippen LogP contribution in [0.15, 0.2) is 28.8 Å². The van der Waals surface area contributed by atoms with Crippen molar-refractivity contribution in [3.8, 4) is 11.5 Å². The zero-order chi connectivity index (χ0) is 11.5. The van der Waals surface area contributed by atoms with Crippen LogP contribution in [0.1, 0.15) is 5.82 Å². The minimum absolute atomic E-state index is 0.0897. The lowest BCUT2D eigenvalue weighted by molar-refractivity contribution is -0.136. The number of carboxylic acid groups (broad SMARTS) is 1. The quantitative estimate of drug-likeness (QED) is 0.851. The number of carboxylic acids is 1. The lowest BCUT2D eigenvalue weighted by Crippen LogP contribution is -2.01. The third kappa shape index (κ3) is 2.22. The second-order valence-corrected chi connectivity index (χ2v) is 3.09. The van der Waals surface area contributed by atoms with Crippen molar-refractivity contribution in [1.29, 1.82) is 0 Å². The monoisotopic (exact) mass is 222 g/mol. The van der Waals surface area contributed by atoms with Gasteiger partial charge in [0.25, 0.3) is 5.89 Å². The first-order chi connectivity index (χ1) is 7.65. The van der Waals surface area contributed by atoms with Gasteiger partial charge in [-0.15, -0.1) is 0 Å². The number of hydrogen-bond donors (Lipinski definition) is 1. The number of rotatable bonds is 3. The smallest absolute Gasteiger partial charge is 0.311 e. The molecule has 0 saturated heterocycles. The molecule has 2 aromatic rings. The summed E-state index contributed by atoms with van der Waals surface area (Å²) in [4.78, 5) is 14.3. The van der Waals surface area contributed by atoms with E-state index in [1.165, 1.54) is 24.3 Å². The second-order valence-electron chi connectivity index (χ2n) is 3.09. The molecule has 0 spiro atoms. The highest BCUT2D eigenvalue weighted by Gasteiger charge is 2.11. The highest BCUT2D eigenvalue weighted by molar-refractivity contribution is 5.69. The maximum atomic E-state index is 12.6. The van der Waals surface area contributed by atoms with Crippen LogP contribution in [0.2, 0.25) is 0 Å². The van der Waals surface area contributed by atoms with Crippen LogP contribution in [0, 0.1) is 5.82 Å². The van der Waals surface area contributed by atoms with Gasteiger partial charge in [-0.05, 0) is 24.3 Å². The van der Waals surface area contributed by atoms with Crippen LogP contribution in [0.5, 0.6) is 0 Å². The fourth-order valence-electron chi connectivity index (χ4n) is 1.17. The standard InChI is InChI=1S/C10H7FN2O3/c11-7-3-1-6(2-4-7)10-12-8(13-16-10)5-9(14)15/h1-4H,5H2,(H,14,15). The normalized spacial score (nSPS) is 10.3. The third-order valence-electron chi connectivity index (χ3n) is 1.87. The molecule has 0 atom stereocenters. The number of halogens is 1. The van der Waals surface area contributed by atoms with E-state index in [0.717, 1.165) is 0 Å². The van der Waals surface area contributed by atoms with Crippen LogP contribution in [0.3, 0.4) is 0 Å². The molecule has 1 aromatic carbocycles. The third-order valence-corrected chi connectivity index (χ3v) is 1.87. The lowest BCUT2D eigenvalue weighted by atomic mass is 10.2. The van der Waals surface area contributed by atoms with Gasteiger partial charge in [0.05, 0.1) is 0 Å². The predicted octanol–water partition coefficient (Wildman–Crippen LogP) is 1.50. The van der Waals surface area contributed by atoms with Crippen molar-refractivity contribution < 1.29 is 18.8 Å². The van der Waals surface area contributed by atoms with E-state index < -0.39 is 5.97 Å². The molecule has 0 aliphatic rings. The molecule has 1 heterocycles. The Bertz CT molecular complexity index is 507. The van der Waals surface area contributed by atoms with Crippen molar-refractivity contribution in [2.45, 2.75) is 6.42 Å². The van der Waals surface area contributed by atoms with Crippen LogP contribution >= 0.6 is 0 Å². The number of aliphatic carboxylic acids is 1. The van der Waals surface area contributed by atoms with Crippen LogP contribution in [0.4, 0.5) is 4.39 Å². The first kappa shape index (κ1) is 10.3. The van der Waals surface area contributed by atoms with Crippen LogP contribution in [0.25, 0.3) is 11.5 Å². The molecule has 5 nitrogen and oxygen atoms in total. The molecule has 0 aliphatic heterocycles. The van der Waals surface area contributed by atoms with Crippen LogP contribution in [-0.4, -0.2) is 21.2 Å². The molecular weight excluding hydrogens is 215 g/mol. The average Bonchev–Trinajstić information content (AvgIpc) is 2.66. The Morgan fingerprint density at radius 2 is 2.06 bits per heavy atom. The van der Waals surface area contributed by atoms with Gasteiger partial charge < -0.3 is 9.63 Å². The lowest BCUT2D eigenvalue weighted by Gasteiger charge is -1.92. The van der Waals surface area contributed by atoms with Crippen molar-refractivity contribution in [1.82, 2.24) is 10.1 Å². The Morgan fingerprint density at radius 1 is 1.38 bits per heavy atom. The Balaban J connectivity index is 2.24. The molecule has 0 fully saturated rings. The molecule has 6 heteroatoms. The van der Waals surface area contributed by atoms with E-state index in [-0.39, 0.29) is 24.0 Å². The summed E-state index contributed by atoms with van der Waals surface area (Å²) >= 11 is 0. The average molecular weight is 222 g/mol. The highest BCUT2D eigenvalue weighted by atomic mass is 19.1. The summed E-state index contributed by atoms with van der Waals surface area (Å²) in [7, 11) is 0. The summed E-state index contributed by atoms with van der Waals surface area (Å²) < 4.78 is 17.5. The summed E-state index contributed by atoms with van der Waals surface area (Å²) in [6, 6.07) is 5.48. The Labute approximate surface area is 89.5 Å². The highest BCUT2D eigenvalue weighted by Crippen LogP contribution is 2.17. The predicted molar refractivity (Wildman–Crippen MR) is 51.0 cm³/mol. The topological polar surface area (TPSA) is 76.2 Å². The molecule has 1 N–H and O–H groups in total. The van der Waals surface area contributed by atoms with Gasteiger partial charge in [-0.3, -0.25) is 4.79 Å². The van der Waals surface area contributed by atoms with Crippen molar-refractivity contribution in [3.63, 3.8) is 0 Å². The fraction of sp³-hybridized carbons (Fsp3) is 0.100. The van der Waals surface area contributed by atoms with Gasteiger partial charge in [0.1, 0.15) is 12.2 Å². The Hall–Kier alpha value is -2.24. The molecule has 0 saturated carbocycles. The molecule has 0 radical (unpaired) electrons.